The normalized spacial score (nSPS) is 9.85. The maximum Gasteiger partial charge on any atom is 0.290 e. The molecule has 0 saturated heterocycles. The Bertz CT molecular complexity index is 307. The zero-order valence-electron chi connectivity index (χ0n) is 6.99. The maximum atomic E-state index is 10.5. The smallest absolute Gasteiger partial charge is 0.290 e. The van der Waals surface area contributed by atoms with Crippen LogP contribution in [0.15, 0.2) is 17.2 Å². The molecule has 1 amide bonds. The van der Waals surface area contributed by atoms with Gasteiger partial charge >= 0.3 is 0 Å². The topological polar surface area (TPSA) is 94.0 Å². The largest absolute Gasteiger partial charge is 0.363 e. The Balaban J connectivity index is 2.49. The van der Waals surface area contributed by atoms with Crippen molar-refractivity contribution in [3.05, 3.63) is 24.4 Å². The van der Waals surface area contributed by atoms with Gasteiger partial charge in [-0.3, -0.25) is 4.79 Å². The van der Waals surface area contributed by atoms with Crippen LogP contribution in [0.5, 0.6) is 0 Å². The van der Waals surface area contributed by atoms with Gasteiger partial charge in [0, 0.05) is 6.54 Å². The molecule has 0 bridgehead atoms. The van der Waals surface area contributed by atoms with Crippen molar-refractivity contribution in [3.8, 4) is 0 Å². The molecule has 0 saturated carbocycles. The van der Waals surface area contributed by atoms with Crippen LogP contribution < -0.4 is 11.1 Å². The molecule has 0 spiro atoms. The average molecular weight is 182 g/mol. The second-order valence-corrected chi connectivity index (χ2v) is 2.30. The molecule has 6 nitrogen and oxygen atoms in total. The Morgan fingerprint density at radius 1 is 1.77 bits per heavy atom. The number of nitrogens with one attached hydrogen (secondary N) is 1. The van der Waals surface area contributed by atoms with Crippen molar-refractivity contribution < 1.29 is 9.32 Å². The standard InChI is InChI=1S/C7H10N4O2/c1-2-3-9-4-5-10-7(6(8)12)11-13-5/h2,9H,1,3-4H2,(H2,8,12). The average Bonchev–Trinajstić information content (AvgIpc) is 2.53. The van der Waals surface area contributed by atoms with E-state index < -0.39 is 5.91 Å². The fourth-order valence-electron chi connectivity index (χ4n) is 0.708. The lowest BCUT2D eigenvalue weighted by Crippen LogP contribution is -2.15. The number of amides is 1. The summed E-state index contributed by atoms with van der Waals surface area (Å²) in [5.74, 6) is -0.468. The van der Waals surface area contributed by atoms with E-state index in [-0.39, 0.29) is 5.82 Å². The van der Waals surface area contributed by atoms with Crippen molar-refractivity contribution in [1.82, 2.24) is 15.5 Å². The maximum absolute atomic E-state index is 10.5. The van der Waals surface area contributed by atoms with Gasteiger partial charge in [0.25, 0.3) is 11.7 Å². The Morgan fingerprint density at radius 3 is 3.08 bits per heavy atom. The third-order valence-corrected chi connectivity index (χ3v) is 1.25. The third-order valence-electron chi connectivity index (χ3n) is 1.25. The van der Waals surface area contributed by atoms with Gasteiger partial charge in [0.15, 0.2) is 0 Å². The SMILES string of the molecule is C=CCNCc1nc(C(N)=O)no1. The third kappa shape index (κ3) is 2.68. The van der Waals surface area contributed by atoms with E-state index in [1.807, 2.05) is 0 Å². The highest BCUT2D eigenvalue weighted by molar-refractivity contribution is 5.88. The number of carbonyl (C=O) groups is 1. The van der Waals surface area contributed by atoms with E-state index in [4.69, 9.17) is 10.3 Å². The molecular formula is C7H10N4O2. The van der Waals surface area contributed by atoms with Crippen LogP contribution in [0.25, 0.3) is 0 Å². The quantitative estimate of drug-likeness (QED) is 0.470. The number of carbonyl (C=O) groups excluding carboxylic acids is 1. The van der Waals surface area contributed by atoms with Gasteiger partial charge in [0.05, 0.1) is 6.54 Å². The zero-order chi connectivity index (χ0) is 9.68. The van der Waals surface area contributed by atoms with Gasteiger partial charge in [-0.05, 0) is 0 Å². The van der Waals surface area contributed by atoms with E-state index >= 15 is 0 Å². The van der Waals surface area contributed by atoms with E-state index in [9.17, 15) is 4.79 Å². The number of hydrogen-bond acceptors (Lipinski definition) is 5. The molecule has 0 aliphatic rings. The van der Waals surface area contributed by atoms with Gasteiger partial charge in [-0.1, -0.05) is 11.2 Å². The monoisotopic (exact) mass is 182 g/mol. The van der Waals surface area contributed by atoms with E-state index in [1.54, 1.807) is 6.08 Å². The molecule has 0 fully saturated rings. The van der Waals surface area contributed by atoms with Crippen LogP contribution in [0, 0.1) is 0 Å². The summed E-state index contributed by atoms with van der Waals surface area (Å²) in [7, 11) is 0. The molecule has 0 atom stereocenters. The Morgan fingerprint density at radius 2 is 2.54 bits per heavy atom. The Kier molecular flexibility index (Phi) is 3.15. The van der Waals surface area contributed by atoms with Crippen LogP contribution in [0.4, 0.5) is 0 Å². The summed E-state index contributed by atoms with van der Waals surface area (Å²) in [6.45, 7) is 4.55. The number of nitrogens with two attached hydrogens (primary N) is 1. The lowest BCUT2D eigenvalue weighted by molar-refractivity contribution is 0.0987. The van der Waals surface area contributed by atoms with Crippen LogP contribution in [0.3, 0.4) is 0 Å². The van der Waals surface area contributed by atoms with Crippen LogP contribution in [0.1, 0.15) is 16.5 Å². The molecule has 0 radical (unpaired) electrons. The van der Waals surface area contributed by atoms with E-state index in [0.717, 1.165) is 0 Å². The predicted molar refractivity (Wildman–Crippen MR) is 44.7 cm³/mol. The van der Waals surface area contributed by atoms with E-state index in [1.165, 1.54) is 0 Å². The van der Waals surface area contributed by atoms with Crippen LogP contribution in [-0.4, -0.2) is 22.6 Å². The minimum atomic E-state index is -0.696. The van der Waals surface area contributed by atoms with Crippen molar-refractivity contribution in [2.24, 2.45) is 5.73 Å². The zero-order valence-corrected chi connectivity index (χ0v) is 6.99. The summed E-state index contributed by atoms with van der Waals surface area (Å²) in [5.41, 5.74) is 4.92. The van der Waals surface area contributed by atoms with Gasteiger partial charge in [0.1, 0.15) is 0 Å². The number of nitrogens with zero attached hydrogens (tertiary/aromatic N) is 2. The van der Waals surface area contributed by atoms with E-state index in [0.29, 0.717) is 19.0 Å². The van der Waals surface area contributed by atoms with Crippen molar-refractivity contribution >= 4 is 5.91 Å². The summed E-state index contributed by atoms with van der Waals surface area (Å²) in [6, 6.07) is 0. The second-order valence-electron chi connectivity index (χ2n) is 2.30. The molecule has 3 N–H and O–H groups in total. The Labute approximate surface area is 74.8 Å². The van der Waals surface area contributed by atoms with Gasteiger partial charge in [-0.25, -0.2) is 0 Å². The predicted octanol–water partition coefficient (Wildman–Crippen LogP) is -0.556. The first-order valence-electron chi connectivity index (χ1n) is 3.68. The number of primary amides is 1. The molecule has 1 aromatic heterocycles. The molecular weight excluding hydrogens is 172 g/mol. The molecule has 70 valence electrons. The highest BCUT2D eigenvalue weighted by Crippen LogP contribution is 1.95. The first-order chi connectivity index (χ1) is 6.24. The molecule has 1 aromatic rings. The molecule has 0 unspecified atom stereocenters. The lowest BCUT2D eigenvalue weighted by atomic mass is 10.5. The van der Waals surface area contributed by atoms with Gasteiger partial charge in [0.2, 0.25) is 5.89 Å². The van der Waals surface area contributed by atoms with Crippen LogP contribution in [0.2, 0.25) is 0 Å². The summed E-state index contributed by atoms with van der Waals surface area (Å²) < 4.78 is 4.71. The van der Waals surface area contributed by atoms with Gasteiger partial charge in [-0.2, -0.15) is 4.98 Å². The molecule has 1 rings (SSSR count). The Hall–Kier alpha value is -1.69. The van der Waals surface area contributed by atoms with Crippen LogP contribution in [-0.2, 0) is 6.54 Å². The lowest BCUT2D eigenvalue weighted by Gasteiger charge is -1.92. The fraction of sp³-hybridized carbons (Fsp3) is 0.286. The summed E-state index contributed by atoms with van der Waals surface area (Å²) >= 11 is 0. The van der Waals surface area contributed by atoms with Crippen molar-refractivity contribution in [2.75, 3.05) is 6.54 Å². The summed E-state index contributed by atoms with van der Waals surface area (Å²) in [5, 5.41) is 6.31. The first-order valence-corrected chi connectivity index (χ1v) is 3.68. The molecule has 1 heterocycles. The van der Waals surface area contributed by atoms with E-state index in [2.05, 4.69) is 22.0 Å². The van der Waals surface area contributed by atoms with Gasteiger partial charge < -0.3 is 15.6 Å². The second kappa shape index (κ2) is 4.36. The minimum Gasteiger partial charge on any atom is -0.363 e. The highest BCUT2D eigenvalue weighted by Gasteiger charge is 2.09. The number of aromatic nitrogens is 2. The van der Waals surface area contributed by atoms with Crippen LogP contribution >= 0.6 is 0 Å². The number of hydrogen-bond donors (Lipinski definition) is 2. The van der Waals surface area contributed by atoms with Crippen molar-refractivity contribution in [2.45, 2.75) is 6.54 Å². The molecule has 13 heavy (non-hydrogen) atoms. The van der Waals surface area contributed by atoms with Crippen molar-refractivity contribution in [3.63, 3.8) is 0 Å². The summed E-state index contributed by atoms with van der Waals surface area (Å²) in [4.78, 5) is 14.3. The molecule has 6 heteroatoms. The van der Waals surface area contributed by atoms with Gasteiger partial charge in [-0.15, -0.1) is 6.58 Å². The fourth-order valence-corrected chi connectivity index (χ4v) is 0.708. The molecule has 0 aliphatic carbocycles. The van der Waals surface area contributed by atoms with Crippen molar-refractivity contribution in [1.29, 1.82) is 0 Å². The summed E-state index contributed by atoms with van der Waals surface area (Å²) in [6.07, 6.45) is 1.70. The molecule has 0 aromatic carbocycles. The first kappa shape index (κ1) is 9.40. The number of rotatable bonds is 5. The minimum absolute atomic E-state index is 0.101. The molecule has 0 aliphatic heterocycles. The highest BCUT2D eigenvalue weighted by atomic mass is 16.5.